The van der Waals surface area contributed by atoms with Gasteiger partial charge in [-0.05, 0) is 50.5 Å². The molecule has 3 heteroatoms. The molecule has 1 aliphatic carbocycles. The first-order chi connectivity index (χ1) is 9.27. The van der Waals surface area contributed by atoms with E-state index in [4.69, 9.17) is 0 Å². The lowest BCUT2D eigenvalue weighted by molar-refractivity contribution is -0.00775. The molecule has 20 heavy (non-hydrogen) atoms. The zero-order valence-electron chi connectivity index (χ0n) is 14.1. The van der Waals surface area contributed by atoms with Crippen LogP contribution >= 0.6 is 0 Å². The van der Waals surface area contributed by atoms with Crippen molar-refractivity contribution in [1.82, 2.24) is 9.80 Å². The van der Waals surface area contributed by atoms with Crippen molar-refractivity contribution in [3.63, 3.8) is 0 Å². The molecule has 0 spiro atoms. The van der Waals surface area contributed by atoms with Crippen molar-refractivity contribution < 1.29 is 5.11 Å². The van der Waals surface area contributed by atoms with Crippen LogP contribution in [0.2, 0.25) is 0 Å². The van der Waals surface area contributed by atoms with Gasteiger partial charge in [0.25, 0.3) is 0 Å². The molecule has 1 heterocycles. The monoisotopic (exact) mass is 282 g/mol. The molecule has 2 rings (SSSR count). The topological polar surface area (TPSA) is 26.7 Å². The number of likely N-dealkylation sites (N-methyl/N-ethyl adjacent to an activating group) is 1. The fourth-order valence-corrected chi connectivity index (χ4v) is 3.85. The number of aliphatic hydroxyl groups excluding tert-OH is 1. The Balaban J connectivity index is 1.90. The molecular formula is C17H34N2O. The normalized spacial score (nSPS) is 38.1. The number of piperazine rings is 1. The van der Waals surface area contributed by atoms with E-state index in [1.54, 1.807) is 0 Å². The van der Waals surface area contributed by atoms with Crippen LogP contribution in [0.25, 0.3) is 0 Å². The fraction of sp³-hybridized carbons (Fsp3) is 1.00. The Hall–Kier alpha value is -0.120. The second-order valence-electron chi connectivity index (χ2n) is 8.29. The minimum absolute atomic E-state index is 0.0800. The van der Waals surface area contributed by atoms with E-state index >= 15 is 0 Å². The van der Waals surface area contributed by atoms with Gasteiger partial charge in [-0.25, -0.2) is 0 Å². The number of hydrogen-bond acceptors (Lipinski definition) is 3. The summed E-state index contributed by atoms with van der Waals surface area (Å²) in [6, 6.07) is 0.642. The Morgan fingerprint density at radius 3 is 2.45 bits per heavy atom. The van der Waals surface area contributed by atoms with Gasteiger partial charge in [0.05, 0.1) is 6.10 Å². The Kier molecular flexibility index (Phi) is 5.14. The molecule has 0 radical (unpaired) electrons. The Labute approximate surface area is 125 Å². The molecule has 2 aliphatic rings. The molecule has 0 aromatic heterocycles. The average molecular weight is 282 g/mol. The molecule has 4 unspecified atom stereocenters. The summed E-state index contributed by atoms with van der Waals surface area (Å²) in [5, 5.41) is 10.4. The highest BCUT2D eigenvalue weighted by Gasteiger charge is 2.36. The van der Waals surface area contributed by atoms with Crippen molar-refractivity contribution in [3.8, 4) is 0 Å². The third-order valence-corrected chi connectivity index (χ3v) is 5.70. The van der Waals surface area contributed by atoms with Crippen LogP contribution in [0, 0.1) is 17.3 Å². The van der Waals surface area contributed by atoms with Crippen molar-refractivity contribution >= 4 is 0 Å². The molecule has 1 saturated heterocycles. The van der Waals surface area contributed by atoms with Gasteiger partial charge >= 0.3 is 0 Å². The maximum atomic E-state index is 10.4. The van der Waals surface area contributed by atoms with Gasteiger partial charge in [-0.3, -0.25) is 0 Å². The van der Waals surface area contributed by atoms with Crippen LogP contribution < -0.4 is 0 Å². The summed E-state index contributed by atoms with van der Waals surface area (Å²) in [6.45, 7) is 13.9. The highest BCUT2D eigenvalue weighted by molar-refractivity contribution is 4.88. The Morgan fingerprint density at radius 1 is 1.15 bits per heavy atom. The predicted molar refractivity (Wildman–Crippen MR) is 84.8 cm³/mol. The molecule has 0 aromatic rings. The van der Waals surface area contributed by atoms with Gasteiger partial charge in [-0.1, -0.05) is 20.8 Å². The van der Waals surface area contributed by atoms with Gasteiger partial charge in [-0.2, -0.15) is 0 Å². The van der Waals surface area contributed by atoms with Crippen LogP contribution in [-0.4, -0.2) is 60.3 Å². The van der Waals surface area contributed by atoms with Crippen LogP contribution in [0.5, 0.6) is 0 Å². The van der Waals surface area contributed by atoms with Gasteiger partial charge in [0, 0.05) is 32.2 Å². The molecule has 118 valence electrons. The lowest BCUT2D eigenvalue weighted by Crippen LogP contribution is -2.52. The minimum Gasteiger partial charge on any atom is -0.393 e. The second-order valence-corrected chi connectivity index (χ2v) is 8.29. The largest absolute Gasteiger partial charge is 0.393 e. The van der Waals surface area contributed by atoms with E-state index in [2.05, 4.69) is 44.5 Å². The van der Waals surface area contributed by atoms with E-state index < -0.39 is 0 Å². The van der Waals surface area contributed by atoms with Crippen LogP contribution in [0.15, 0.2) is 0 Å². The number of aliphatic hydroxyl groups is 1. The van der Waals surface area contributed by atoms with Crippen LogP contribution in [-0.2, 0) is 0 Å². The molecule has 1 aliphatic heterocycles. The molecule has 0 amide bonds. The summed E-state index contributed by atoms with van der Waals surface area (Å²) in [7, 11) is 2.22. The standard InChI is InChI=1S/C17H34N2O/c1-13-11-19(9-8-18(13)5)12-14-10-15(17(2,3)4)6-7-16(14)20/h13-16,20H,6-12H2,1-5H3. The van der Waals surface area contributed by atoms with Crippen molar-refractivity contribution in [2.45, 2.75) is 59.1 Å². The molecule has 1 N–H and O–H groups in total. The molecule has 0 bridgehead atoms. The zero-order chi connectivity index (χ0) is 14.9. The predicted octanol–water partition coefficient (Wildman–Crippen LogP) is 2.45. The first kappa shape index (κ1) is 16.3. The van der Waals surface area contributed by atoms with Crippen molar-refractivity contribution in [1.29, 1.82) is 0 Å². The highest BCUT2D eigenvalue weighted by Crippen LogP contribution is 2.40. The maximum absolute atomic E-state index is 10.4. The van der Waals surface area contributed by atoms with Crippen LogP contribution in [0.1, 0.15) is 47.0 Å². The van der Waals surface area contributed by atoms with Crippen molar-refractivity contribution in [2.75, 3.05) is 33.2 Å². The van der Waals surface area contributed by atoms with E-state index in [-0.39, 0.29) is 6.10 Å². The van der Waals surface area contributed by atoms with Crippen molar-refractivity contribution in [2.24, 2.45) is 17.3 Å². The first-order valence-electron chi connectivity index (χ1n) is 8.38. The zero-order valence-corrected chi connectivity index (χ0v) is 14.1. The molecule has 4 atom stereocenters. The molecule has 0 aromatic carbocycles. The SMILES string of the molecule is CC1CN(CC2CC(C(C)(C)C)CCC2O)CCN1C. The average Bonchev–Trinajstić information content (AvgIpc) is 2.35. The summed E-state index contributed by atoms with van der Waals surface area (Å²) in [4.78, 5) is 5.01. The maximum Gasteiger partial charge on any atom is 0.0580 e. The minimum atomic E-state index is -0.0800. The highest BCUT2D eigenvalue weighted by atomic mass is 16.3. The van der Waals surface area contributed by atoms with E-state index in [0.717, 1.165) is 38.5 Å². The molecular weight excluding hydrogens is 248 g/mol. The lowest BCUT2D eigenvalue weighted by atomic mass is 9.68. The third-order valence-electron chi connectivity index (χ3n) is 5.70. The quantitative estimate of drug-likeness (QED) is 0.843. The summed E-state index contributed by atoms with van der Waals surface area (Å²) in [5.74, 6) is 1.24. The second kappa shape index (κ2) is 6.33. The number of nitrogens with zero attached hydrogens (tertiary/aromatic N) is 2. The van der Waals surface area contributed by atoms with Gasteiger partial charge in [0.2, 0.25) is 0 Å². The Morgan fingerprint density at radius 2 is 1.85 bits per heavy atom. The Bertz CT molecular complexity index is 313. The smallest absolute Gasteiger partial charge is 0.0580 e. The van der Waals surface area contributed by atoms with Gasteiger partial charge < -0.3 is 14.9 Å². The molecule has 3 nitrogen and oxygen atoms in total. The van der Waals surface area contributed by atoms with Gasteiger partial charge in [0.15, 0.2) is 0 Å². The summed E-state index contributed by atoms with van der Waals surface area (Å²) in [6.07, 6.45) is 3.31. The van der Waals surface area contributed by atoms with E-state index in [1.807, 2.05) is 0 Å². The molecule has 2 fully saturated rings. The lowest BCUT2D eigenvalue weighted by Gasteiger charge is -2.44. The number of rotatable bonds is 2. The van der Waals surface area contributed by atoms with Crippen LogP contribution in [0.3, 0.4) is 0 Å². The first-order valence-corrected chi connectivity index (χ1v) is 8.38. The third kappa shape index (κ3) is 3.96. The molecule has 1 saturated carbocycles. The number of hydrogen-bond donors (Lipinski definition) is 1. The van der Waals surface area contributed by atoms with Crippen molar-refractivity contribution in [3.05, 3.63) is 0 Å². The summed E-state index contributed by atoms with van der Waals surface area (Å²) < 4.78 is 0. The van der Waals surface area contributed by atoms with Gasteiger partial charge in [-0.15, -0.1) is 0 Å². The summed E-state index contributed by atoms with van der Waals surface area (Å²) in [5.41, 5.74) is 0.383. The summed E-state index contributed by atoms with van der Waals surface area (Å²) >= 11 is 0. The van der Waals surface area contributed by atoms with E-state index in [9.17, 15) is 5.11 Å². The van der Waals surface area contributed by atoms with E-state index in [1.165, 1.54) is 12.8 Å². The van der Waals surface area contributed by atoms with Crippen LogP contribution in [0.4, 0.5) is 0 Å². The van der Waals surface area contributed by atoms with Gasteiger partial charge in [0.1, 0.15) is 0 Å². The van der Waals surface area contributed by atoms with E-state index in [0.29, 0.717) is 17.4 Å². The fourth-order valence-electron chi connectivity index (χ4n) is 3.85.